The lowest BCUT2D eigenvalue weighted by Gasteiger charge is -2.38. The molecule has 16 heavy (non-hydrogen) atoms. The number of pyridine rings is 1. The summed E-state index contributed by atoms with van der Waals surface area (Å²) < 4.78 is 6.05. The first-order chi connectivity index (χ1) is 7.88. The van der Waals surface area contributed by atoms with Crippen LogP contribution >= 0.6 is 0 Å². The van der Waals surface area contributed by atoms with Crippen LogP contribution in [0, 0.1) is 0 Å². The zero-order valence-electron chi connectivity index (χ0n) is 9.69. The van der Waals surface area contributed by atoms with E-state index < -0.39 is 0 Å². The maximum absolute atomic E-state index is 6.05. The Balaban J connectivity index is 1.77. The summed E-state index contributed by atoms with van der Waals surface area (Å²) in [5, 5.41) is 0. The molecule has 3 rings (SSSR count). The van der Waals surface area contributed by atoms with Gasteiger partial charge in [-0.15, -0.1) is 0 Å². The van der Waals surface area contributed by atoms with E-state index in [-0.39, 0.29) is 5.60 Å². The normalized spacial score (nSPS) is 28.4. The lowest BCUT2D eigenvalue weighted by molar-refractivity contribution is -0.0809. The van der Waals surface area contributed by atoms with E-state index in [0.29, 0.717) is 5.92 Å². The molecule has 1 aromatic heterocycles. The van der Waals surface area contributed by atoms with E-state index in [1.807, 2.05) is 12.3 Å². The van der Waals surface area contributed by atoms with Crippen LogP contribution in [0.5, 0.6) is 0 Å². The van der Waals surface area contributed by atoms with Gasteiger partial charge in [-0.05, 0) is 37.8 Å². The van der Waals surface area contributed by atoms with Gasteiger partial charge in [-0.25, -0.2) is 0 Å². The van der Waals surface area contributed by atoms with E-state index >= 15 is 0 Å². The minimum Gasteiger partial charge on any atom is -0.375 e. The predicted octanol–water partition coefficient (Wildman–Crippen LogP) is 3.29. The Morgan fingerprint density at radius 1 is 1.25 bits per heavy atom. The summed E-state index contributed by atoms with van der Waals surface area (Å²) in [6.45, 7) is 0.918. The molecule has 1 saturated carbocycles. The quantitative estimate of drug-likeness (QED) is 0.720. The molecule has 1 aliphatic heterocycles. The van der Waals surface area contributed by atoms with Crippen molar-refractivity contribution >= 4 is 0 Å². The fraction of sp³-hybridized carbons (Fsp3) is 0.643. The highest BCUT2D eigenvalue weighted by molar-refractivity contribution is 5.12. The number of ether oxygens (including phenoxy) is 1. The highest BCUT2D eigenvalue weighted by Gasteiger charge is 2.40. The second-order valence-electron chi connectivity index (χ2n) is 5.18. The van der Waals surface area contributed by atoms with E-state index in [1.165, 1.54) is 37.8 Å². The second-order valence-corrected chi connectivity index (χ2v) is 5.18. The smallest absolute Gasteiger partial charge is 0.0689 e. The van der Waals surface area contributed by atoms with Gasteiger partial charge in [0.1, 0.15) is 0 Å². The molecule has 0 unspecified atom stereocenters. The van der Waals surface area contributed by atoms with Gasteiger partial charge in [-0.1, -0.05) is 18.9 Å². The third-order valence-corrected chi connectivity index (χ3v) is 4.11. The van der Waals surface area contributed by atoms with Crippen molar-refractivity contribution in [1.29, 1.82) is 0 Å². The fourth-order valence-corrected chi connectivity index (χ4v) is 3.27. The Kier molecular flexibility index (Phi) is 2.68. The lowest BCUT2D eigenvalue weighted by atomic mass is 9.83. The molecule has 2 fully saturated rings. The second kappa shape index (κ2) is 4.17. The monoisotopic (exact) mass is 217 g/mol. The SMILES string of the molecule is c1ccc([C@@H]2CCOC3(CCCC3)C2)nc1. The number of rotatable bonds is 1. The number of hydrogen-bond acceptors (Lipinski definition) is 2. The number of aromatic nitrogens is 1. The van der Waals surface area contributed by atoms with Gasteiger partial charge >= 0.3 is 0 Å². The van der Waals surface area contributed by atoms with E-state index in [1.54, 1.807) is 0 Å². The van der Waals surface area contributed by atoms with Crippen LogP contribution in [-0.2, 0) is 4.74 Å². The standard InChI is InChI=1S/C14H19NO/c1-4-9-15-13(5-1)12-6-10-16-14(11-12)7-2-3-8-14/h1,4-5,9,12H,2-3,6-8,10-11H2/t12-/m1/s1. The Bertz CT molecular complexity index is 343. The average molecular weight is 217 g/mol. The third kappa shape index (κ3) is 1.86. The van der Waals surface area contributed by atoms with Gasteiger partial charge in [-0.3, -0.25) is 4.98 Å². The van der Waals surface area contributed by atoms with Gasteiger partial charge in [0.2, 0.25) is 0 Å². The number of nitrogens with zero attached hydrogens (tertiary/aromatic N) is 1. The van der Waals surface area contributed by atoms with Gasteiger partial charge < -0.3 is 4.74 Å². The minimum absolute atomic E-state index is 0.209. The lowest BCUT2D eigenvalue weighted by Crippen LogP contribution is -2.36. The molecule has 1 aliphatic carbocycles. The van der Waals surface area contributed by atoms with Crippen LogP contribution in [-0.4, -0.2) is 17.2 Å². The molecule has 0 N–H and O–H groups in total. The van der Waals surface area contributed by atoms with Crippen LogP contribution in [0.2, 0.25) is 0 Å². The van der Waals surface area contributed by atoms with E-state index in [4.69, 9.17) is 4.74 Å². The minimum atomic E-state index is 0.209. The summed E-state index contributed by atoms with van der Waals surface area (Å²) in [5.41, 5.74) is 1.47. The zero-order valence-corrected chi connectivity index (χ0v) is 9.69. The molecule has 86 valence electrons. The highest BCUT2D eigenvalue weighted by atomic mass is 16.5. The molecular formula is C14H19NO. The third-order valence-electron chi connectivity index (χ3n) is 4.11. The van der Waals surface area contributed by atoms with Crippen molar-refractivity contribution < 1.29 is 4.74 Å². The van der Waals surface area contributed by atoms with Crippen LogP contribution in [0.4, 0.5) is 0 Å². The molecule has 1 saturated heterocycles. The molecule has 1 spiro atoms. The molecule has 0 radical (unpaired) electrons. The van der Waals surface area contributed by atoms with Crippen molar-refractivity contribution in [2.45, 2.75) is 50.0 Å². The van der Waals surface area contributed by atoms with Gasteiger partial charge in [0, 0.05) is 24.4 Å². The first-order valence-electron chi connectivity index (χ1n) is 6.43. The topological polar surface area (TPSA) is 22.1 Å². The molecular weight excluding hydrogens is 198 g/mol. The van der Waals surface area contributed by atoms with Crippen LogP contribution in [0.25, 0.3) is 0 Å². The van der Waals surface area contributed by atoms with E-state index in [2.05, 4.69) is 17.1 Å². The Hall–Kier alpha value is -0.890. The molecule has 0 amide bonds. The molecule has 0 aromatic carbocycles. The fourth-order valence-electron chi connectivity index (χ4n) is 3.27. The number of hydrogen-bond donors (Lipinski definition) is 0. The molecule has 1 atom stereocenters. The van der Waals surface area contributed by atoms with Crippen molar-refractivity contribution in [3.05, 3.63) is 30.1 Å². The predicted molar refractivity (Wildman–Crippen MR) is 63.4 cm³/mol. The van der Waals surface area contributed by atoms with Crippen LogP contribution in [0.15, 0.2) is 24.4 Å². The maximum Gasteiger partial charge on any atom is 0.0689 e. The van der Waals surface area contributed by atoms with Crippen molar-refractivity contribution in [2.75, 3.05) is 6.61 Å². The summed E-state index contributed by atoms with van der Waals surface area (Å²) >= 11 is 0. The van der Waals surface area contributed by atoms with Crippen LogP contribution in [0.1, 0.15) is 50.1 Å². The van der Waals surface area contributed by atoms with Gasteiger partial charge in [-0.2, -0.15) is 0 Å². The summed E-state index contributed by atoms with van der Waals surface area (Å²) in [4.78, 5) is 4.50. The van der Waals surface area contributed by atoms with Crippen molar-refractivity contribution in [3.63, 3.8) is 0 Å². The molecule has 2 aliphatic rings. The van der Waals surface area contributed by atoms with Gasteiger partial charge in [0.05, 0.1) is 5.60 Å². The van der Waals surface area contributed by atoms with E-state index in [9.17, 15) is 0 Å². The van der Waals surface area contributed by atoms with Crippen molar-refractivity contribution in [3.8, 4) is 0 Å². The Morgan fingerprint density at radius 3 is 2.88 bits per heavy atom. The largest absolute Gasteiger partial charge is 0.375 e. The summed E-state index contributed by atoms with van der Waals surface area (Å²) in [6.07, 6.45) is 9.44. The average Bonchev–Trinajstić information content (AvgIpc) is 2.78. The first kappa shape index (κ1) is 10.3. The molecule has 2 nitrogen and oxygen atoms in total. The zero-order chi connectivity index (χ0) is 10.8. The summed E-state index contributed by atoms with van der Waals surface area (Å²) in [7, 11) is 0. The molecule has 2 heterocycles. The molecule has 0 bridgehead atoms. The maximum atomic E-state index is 6.05. The van der Waals surface area contributed by atoms with Crippen molar-refractivity contribution in [1.82, 2.24) is 4.98 Å². The van der Waals surface area contributed by atoms with E-state index in [0.717, 1.165) is 13.0 Å². The molecule has 2 heteroatoms. The van der Waals surface area contributed by atoms with Gasteiger partial charge in [0.25, 0.3) is 0 Å². The Morgan fingerprint density at radius 2 is 2.12 bits per heavy atom. The summed E-state index contributed by atoms with van der Waals surface area (Å²) in [5.74, 6) is 0.619. The first-order valence-corrected chi connectivity index (χ1v) is 6.43. The van der Waals surface area contributed by atoms with Crippen LogP contribution < -0.4 is 0 Å². The van der Waals surface area contributed by atoms with Crippen molar-refractivity contribution in [2.24, 2.45) is 0 Å². The van der Waals surface area contributed by atoms with Crippen LogP contribution in [0.3, 0.4) is 0 Å². The molecule has 1 aromatic rings. The highest BCUT2D eigenvalue weighted by Crippen LogP contribution is 2.44. The Labute approximate surface area is 97.0 Å². The van der Waals surface area contributed by atoms with Gasteiger partial charge in [0.15, 0.2) is 0 Å². The summed E-state index contributed by atoms with van der Waals surface area (Å²) in [6, 6.07) is 6.26.